The average Bonchev–Trinajstić information content (AvgIpc) is 2.91. The van der Waals surface area contributed by atoms with Crippen LogP contribution in [0.1, 0.15) is 26.3 Å². The third kappa shape index (κ3) is 4.11. The molecule has 0 spiro atoms. The molecule has 1 aliphatic heterocycles. The fraction of sp³-hybridized carbons (Fsp3) is 0.235. The van der Waals surface area contributed by atoms with Gasteiger partial charge in [0.05, 0.1) is 12.2 Å². The third-order valence-corrected chi connectivity index (χ3v) is 2.95. The van der Waals surface area contributed by atoms with Crippen LogP contribution in [0.2, 0.25) is 0 Å². The van der Waals surface area contributed by atoms with E-state index in [4.69, 9.17) is 14.7 Å². The van der Waals surface area contributed by atoms with Crippen LogP contribution in [0.25, 0.3) is 0 Å². The molecule has 1 heterocycles. The zero-order valence-corrected chi connectivity index (χ0v) is 13.2. The maximum absolute atomic E-state index is 9.56. The summed E-state index contributed by atoms with van der Waals surface area (Å²) in [5, 5.41) is 18.6. The maximum atomic E-state index is 9.56. The molecule has 1 aliphatic rings. The Morgan fingerprint density at radius 2 is 2.23 bits per heavy atom. The lowest BCUT2D eigenvalue weighted by atomic mass is 9.80. The highest BCUT2D eigenvalue weighted by Gasteiger charge is 2.27. The second kappa shape index (κ2) is 8.88. The molecule has 4 nitrogen and oxygen atoms in total. The van der Waals surface area contributed by atoms with Gasteiger partial charge in [-0.3, -0.25) is 0 Å². The number of nitrogens with zero attached hydrogens (tertiary/aromatic N) is 1. The van der Waals surface area contributed by atoms with Gasteiger partial charge >= 0.3 is 7.12 Å². The number of rotatable bonds is 4. The lowest BCUT2D eigenvalue weighted by Crippen LogP contribution is -2.27. The van der Waals surface area contributed by atoms with E-state index in [0.29, 0.717) is 23.7 Å². The van der Waals surface area contributed by atoms with Gasteiger partial charge < -0.3 is 14.4 Å². The fourth-order valence-corrected chi connectivity index (χ4v) is 1.94. The first-order chi connectivity index (χ1) is 10.7. The van der Waals surface area contributed by atoms with Crippen molar-refractivity contribution in [3.63, 3.8) is 0 Å². The van der Waals surface area contributed by atoms with Crippen molar-refractivity contribution in [2.24, 2.45) is 0 Å². The third-order valence-electron chi connectivity index (χ3n) is 2.95. The molecule has 114 valence electrons. The number of fused-ring (bicyclic) bond motifs is 1. The zero-order chi connectivity index (χ0) is 16.5. The van der Waals surface area contributed by atoms with Crippen molar-refractivity contribution in [3.8, 4) is 11.8 Å². The lowest BCUT2D eigenvalue weighted by molar-refractivity contribution is 0.275. The number of hydrogen-bond donors (Lipinski definition) is 1. The van der Waals surface area contributed by atoms with Gasteiger partial charge in [-0.25, -0.2) is 0 Å². The summed E-state index contributed by atoms with van der Waals surface area (Å²) < 4.78 is 10.8. The molecule has 1 aromatic rings. The molecule has 0 fully saturated rings. The molecule has 0 radical (unpaired) electrons. The SMILES string of the molecule is C=C/C=C(Oc1ccc2c(c1)COB2O)\C(C#N)=C/C.CC. The van der Waals surface area contributed by atoms with Crippen molar-refractivity contribution >= 4 is 12.6 Å². The van der Waals surface area contributed by atoms with Gasteiger partial charge in [-0.15, -0.1) is 0 Å². The van der Waals surface area contributed by atoms with Crippen LogP contribution in [-0.2, 0) is 11.3 Å². The smallest absolute Gasteiger partial charge is 0.456 e. The minimum absolute atomic E-state index is 0.350. The largest absolute Gasteiger partial charge is 0.491 e. The van der Waals surface area contributed by atoms with E-state index in [9.17, 15) is 5.02 Å². The second-order valence-corrected chi connectivity index (χ2v) is 4.21. The molecule has 5 heteroatoms. The van der Waals surface area contributed by atoms with E-state index < -0.39 is 7.12 Å². The summed E-state index contributed by atoms with van der Waals surface area (Å²) in [6, 6.07) is 7.36. The molecule has 0 saturated carbocycles. The summed E-state index contributed by atoms with van der Waals surface area (Å²) in [6.45, 7) is 9.73. The Labute approximate surface area is 132 Å². The molecule has 1 aromatic carbocycles. The second-order valence-electron chi connectivity index (χ2n) is 4.21. The predicted molar refractivity (Wildman–Crippen MR) is 88.5 cm³/mol. The summed E-state index contributed by atoms with van der Waals surface area (Å²) in [5.41, 5.74) is 2.06. The molecule has 0 aliphatic carbocycles. The van der Waals surface area contributed by atoms with Gasteiger partial charge in [-0.05, 0) is 36.2 Å². The van der Waals surface area contributed by atoms with Crippen LogP contribution in [0.5, 0.6) is 5.75 Å². The van der Waals surface area contributed by atoms with Crippen molar-refractivity contribution in [2.75, 3.05) is 0 Å². The summed E-state index contributed by atoms with van der Waals surface area (Å²) in [4.78, 5) is 0. The predicted octanol–water partition coefficient (Wildman–Crippen LogP) is 2.85. The Kier molecular flexibility index (Phi) is 7.17. The van der Waals surface area contributed by atoms with Crippen molar-refractivity contribution in [3.05, 3.63) is 59.9 Å². The standard InChI is InChI=1S/C15H14BNO3.C2H6/c1-3-5-15(11(4-2)9-17)20-13-6-7-14-12(8-13)10-19-16(14)18;1-2/h3-8,18H,1,10H2,2H3;1-2H3/b11-4-,15-5+;. The zero-order valence-electron chi connectivity index (χ0n) is 13.2. The van der Waals surface area contributed by atoms with Crippen LogP contribution < -0.4 is 10.2 Å². The van der Waals surface area contributed by atoms with Crippen molar-refractivity contribution < 1.29 is 14.4 Å². The van der Waals surface area contributed by atoms with Gasteiger partial charge in [-0.2, -0.15) is 5.26 Å². The number of allylic oxidation sites excluding steroid dienone is 4. The Bertz CT molecular complexity index is 629. The van der Waals surface area contributed by atoms with Gasteiger partial charge in [0, 0.05) is 0 Å². The fourth-order valence-electron chi connectivity index (χ4n) is 1.94. The number of benzene rings is 1. The molecule has 2 rings (SSSR count). The quantitative estimate of drug-likeness (QED) is 0.402. The minimum Gasteiger partial charge on any atom is -0.456 e. The molecule has 0 saturated heterocycles. The van der Waals surface area contributed by atoms with E-state index in [1.54, 1.807) is 43.4 Å². The Balaban J connectivity index is 0.00000116. The molecule has 0 atom stereocenters. The number of ether oxygens (including phenoxy) is 1. The molecular weight excluding hydrogens is 277 g/mol. The Hall–Kier alpha value is -2.29. The van der Waals surface area contributed by atoms with Gasteiger partial charge in [0.15, 0.2) is 0 Å². The van der Waals surface area contributed by atoms with Crippen LogP contribution in [0.4, 0.5) is 0 Å². The highest BCUT2D eigenvalue weighted by atomic mass is 16.5. The van der Waals surface area contributed by atoms with Crippen LogP contribution in [0, 0.1) is 11.3 Å². The monoisotopic (exact) mass is 297 g/mol. The summed E-state index contributed by atoms with van der Waals surface area (Å²) in [6.07, 6.45) is 4.88. The lowest BCUT2D eigenvalue weighted by Gasteiger charge is -2.10. The van der Waals surface area contributed by atoms with Gasteiger partial charge in [0.2, 0.25) is 0 Å². The molecule has 0 aromatic heterocycles. The molecule has 22 heavy (non-hydrogen) atoms. The normalized spacial score (nSPS) is 13.7. The van der Waals surface area contributed by atoms with Crippen LogP contribution in [0.3, 0.4) is 0 Å². The summed E-state index contributed by atoms with van der Waals surface area (Å²) in [7, 11) is -0.868. The summed E-state index contributed by atoms with van der Waals surface area (Å²) >= 11 is 0. The first-order valence-electron chi connectivity index (χ1n) is 7.19. The van der Waals surface area contributed by atoms with Crippen LogP contribution >= 0.6 is 0 Å². The average molecular weight is 297 g/mol. The highest BCUT2D eigenvalue weighted by molar-refractivity contribution is 6.61. The van der Waals surface area contributed by atoms with Gasteiger partial charge in [0.25, 0.3) is 0 Å². The Morgan fingerprint density at radius 1 is 1.50 bits per heavy atom. The summed E-state index contributed by atoms with van der Waals surface area (Å²) in [5.74, 6) is 1.02. The minimum atomic E-state index is -0.868. The number of nitriles is 1. The van der Waals surface area contributed by atoms with Crippen molar-refractivity contribution in [1.29, 1.82) is 5.26 Å². The Morgan fingerprint density at radius 3 is 2.82 bits per heavy atom. The van der Waals surface area contributed by atoms with E-state index in [1.165, 1.54) is 0 Å². The van der Waals surface area contributed by atoms with E-state index in [0.717, 1.165) is 11.0 Å². The highest BCUT2D eigenvalue weighted by Crippen LogP contribution is 2.21. The first kappa shape index (κ1) is 17.8. The molecular formula is C17H20BNO3. The van der Waals surface area contributed by atoms with Crippen molar-refractivity contribution in [2.45, 2.75) is 27.4 Å². The topological polar surface area (TPSA) is 62.5 Å². The number of hydrogen-bond acceptors (Lipinski definition) is 4. The molecule has 0 bridgehead atoms. The van der Waals surface area contributed by atoms with Gasteiger partial charge in [0.1, 0.15) is 17.6 Å². The van der Waals surface area contributed by atoms with Gasteiger partial charge in [-0.1, -0.05) is 38.6 Å². The molecule has 1 N–H and O–H groups in total. The molecule has 0 amide bonds. The van der Waals surface area contributed by atoms with Crippen molar-refractivity contribution in [1.82, 2.24) is 0 Å². The van der Waals surface area contributed by atoms with E-state index in [-0.39, 0.29) is 0 Å². The first-order valence-corrected chi connectivity index (χ1v) is 7.19. The molecule has 0 unspecified atom stereocenters. The van der Waals surface area contributed by atoms with Crippen LogP contribution in [-0.4, -0.2) is 12.1 Å². The van der Waals surface area contributed by atoms with E-state index >= 15 is 0 Å². The van der Waals surface area contributed by atoms with E-state index in [2.05, 4.69) is 12.6 Å². The van der Waals surface area contributed by atoms with E-state index in [1.807, 2.05) is 13.8 Å². The van der Waals surface area contributed by atoms with Crippen LogP contribution in [0.15, 0.2) is 54.3 Å². The maximum Gasteiger partial charge on any atom is 0.491 e.